The zero-order valence-electron chi connectivity index (χ0n) is 10.6. The SMILES string of the molecule is NCc1cc(N2CCNC(=O)C2)nc2ccccc12. The van der Waals surface area contributed by atoms with Gasteiger partial charge in [0, 0.05) is 25.0 Å². The van der Waals surface area contributed by atoms with Crippen molar-refractivity contribution >= 4 is 22.6 Å². The highest BCUT2D eigenvalue weighted by atomic mass is 16.2. The van der Waals surface area contributed by atoms with Crippen molar-refractivity contribution < 1.29 is 4.79 Å². The van der Waals surface area contributed by atoms with Crippen LogP contribution in [0, 0.1) is 0 Å². The third-order valence-electron chi connectivity index (χ3n) is 3.37. The van der Waals surface area contributed by atoms with Crippen LogP contribution in [0.25, 0.3) is 10.9 Å². The summed E-state index contributed by atoms with van der Waals surface area (Å²) in [6, 6.07) is 9.93. The number of carbonyl (C=O) groups is 1. The molecule has 0 saturated carbocycles. The fourth-order valence-electron chi connectivity index (χ4n) is 2.40. The standard InChI is InChI=1S/C14H16N4O/c15-8-10-7-13(18-6-5-16-14(19)9-18)17-12-4-2-1-3-11(10)12/h1-4,7H,5-6,8-9,15H2,(H,16,19). The van der Waals surface area contributed by atoms with Crippen LogP contribution < -0.4 is 16.0 Å². The topological polar surface area (TPSA) is 71.2 Å². The maximum absolute atomic E-state index is 11.5. The molecule has 0 radical (unpaired) electrons. The van der Waals surface area contributed by atoms with Crippen molar-refractivity contribution in [2.45, 2.75) is 6.54 Å². The third-order valence-corrected chi connectivity index (χ3v) is 3.37. The first-order chi connectivity index (χ1) is 9.28. The number of amides is 1. The van der Waals surface area contributed by atoms with Gasteiger partial charge in [-0.05, 0) is 17.7 Å². The molecular weight excluding hydrogens is 240 g/mol. The number of rotatable bonds is 2. The lowest BCUT2D eigenvalue weighted by Gasteiger charge is -2.28. The van der Waals surface area contributed by atoms with Crippen LogP contribution in [-0.2, 0) is 11.3 Å². The third kappa shape index (κ3) is 2.24. The molecule has 1 aliphatic rings. The smallest absolute Gasteiger partial charge is 0.239 e. The zero-order valence-corrected chi connectivity index (χ0v) is 10.6. The van der Waals surface area contributed by atoms with E-state index in [1.165, 1.54) is 0 Å². The van der Waals surface area contributed by atoms with E-state index in [9.17, 15) is 4.79 Å². The average Bonchev–Trinajstić information content (AvgIpc) is 2.46. The maximum Gasteiger partial charge on any atom is 0.239 e. The summed E-state index contributed by atoms with van der Waals surface area (Å²) in [5, 5.41) is 3.89. The van der Waals surface area contributed by atoms with Gasteiger partial charge in [-0.1, -0.05) is 18.2 Å². The zero-order chi connectivity index (χ0) is 13.2. The number of nitrogens with two attached hydrogens (primary N) is 1. The number of hydrogen-bond acceptors (Lipinski definition) is 4. The first kappa shape index (κ1) is 11.9. The minimum atomic E-state index is 0.0375. The highest BCUT2D eigenvalue weighted by Crippen LogP contribution is 2.23. The first-order valence-electron chi connectivity index (χ1n) is 6.38. The van der Waals surface area contributed by atoms with E-state index in [-0.39, 0.29) is 5.91 Å². The number of fused-ring (bicyclic) bond motifs is 1. The summed E-state index contributed by atoms with van der Waals surface area (Å²) in [5.74, 6) is 0.865. The quantitative estimate of drug-likeness (QED) is 0.826. The van der Waals surface area contributed by atoms with Gasteiger partial charge in [-0.25, -0.2) is 4.98 Å². The molecule has 2 aromatic rings. The number of carbonyl (C=O) groups excluding carboxylic acids is 1. The maximum atomic E-state index is 11.5. The van der Waals surface area contributed by atoms with Gasteiger partial charge in [0.15, 0.2) is 0 Å². The second kappa shape index (κ2) is 4.85. The van der Waals surface area contributed by atoms with E-state index < -0.39 is 0 Å². The van der Waals surface area contributed by atoms with Crippen molar-refractivity contribution in [2.75, 3.05) is 24.5 Å². The molecule has 1 aromatic carbocycles. The summed E-state index contributed by atoms with van der Waals surface area (Å²) in [4.78, 5) is 18.1. The molecule has 0 unspecified atom stereocenters. The number of nitrogens with one attached hydrogen (secondary N) is 1. The lowest BCUT2D eigenvalue weighted by molar-refractivity contribution is -0.120. The predicted octanol–water partition coefficient (Wildman–Crippen LogP) is 0.630. The number of anilines is 1. The van der Waals surface area contributed by atoms with Crippen LogP contribution in [0.3, 0.4) is 0 Å². The van der Waals surface area contributed by atoms with Crippen LogP contribution in [0.15, 0.2) is 30.3 Å². The molecule has 5 heteroatoms. The van der Waals surface area contributed by atoms with Gasteiger partial charge >= 0.3 is 0 Å². The number of nitrogens with zero attached hydrogens (tertiary/aromatic N) is 2. The van der Waals surface area contributed by atoms with Gasteiger partial charge in [0.2, 0.25) is 5.91 Å². The van der Waals surface area contributed by atoms with Gasteiger partial charge in [-0.2, -0.15) is 0 Å². The molecule has 1 amide bonds. The van der Waals surface area contributed by atoms with Gasteiger partial charge in [-0.15, -0.1) is 0 Å². The van der Waals surface area contributed by atoms with E-state index in [1.807, 2.05) is 35.2 Å². The van der Waals surface area contributed by atoms with E-state index in [0.29, 0.717) is 19.6 Å². The number of benzene rings is 1. The van der Waals surface area contributed by atoms with Gasteiger partial charge in [-0.3, -0.25) is 4.79 Å². The monoisotopic (exact) mass is 256 g/mol. The summed E-state index contributed by atoms with van der Waals surface area (Å²) in [5.41, 5.74) is 7.80. The summed E-state index contributed by atoms with van der Waals surface area (Å²) in [7, 11) is 0. The van der Waals surface area contributed by atoms with Crippen LogP contribution in [0.4, 0.5) is 5.82 Å². The molecular formula is C14H16N4O. The van der Waals surface area contributed by atoms with Crippen molar-refractivity contribution in [3.05, 3.63) is 35.9 Å². The molecule has 3 N–H and O–H groups in total. The highest BCUT2D eigenvalue weighted by Gasteiger charge is 2.18. The summed E-state index contributed by atoms with van der Waals surface area (Å²) >= 11 is 0. The number of piperazine rings is 1. The Morgan fingerprint density at radius 2 is 2.21 bits per heavy atom. The second-order valence-electron chi connectivity index (χ2n) is 4.63. The van der Waals surface area contributed by atoms with Crippen molar-refractivity contribution in [3.63, 3.8) is 0 Å². The summed E-state index contributed by atoms with van der Waals surface area (Å²) < 4.78 is 0. The molecule has 2 heterocycles. The van der Waals surface area contributed by atoms with Crippen LogP contribution in [0.2, 0.25) is 0 Å². The van der Waals surface area contributed by atoms with Gasteiger partial charge in [0.05, 0.1) is 12.1 Å². The molecule has 0 bridgehead atoms. The molecule has 0 aliphatic carbocycles. The Labute approximate surface area is 111 Å². The number of para-hydroxylation sites is 1. The minimum absolute atomic E-state index is 0.0375. The Balaban J connectivity index is 2.06. The van der Waals surface area contributed by atoms with E-state index in [4.69, 9.17) is 5.73 Å². The summed E-state index contributed by atoms with van der Waals surface area (Å²) in [6.07, 6.45) is 0. The van der Waals surface area contributed by atoms with E-state index in [0.717, 1.165) is 28.8 Å². The largest absolute Gasteiger partial charge is 0.353 e. The lowest BCUT2D eigenvalue weighted by Crippen LogP contribution is -2.48. The van der Waals surface area contributed by atoms with Crippen LogP contribution in [0.5, 0.6) is 0 Å². The molecule has 1 fully saturated rings. The normalized spacial score (nSPS) is 15.6. The van der Waals surface area contributed by atoms with Crippen molar-refractivity contribution in [2.24, 2.45) is 5.73 Å². The molecule has 1 saturated heterocycles. The number of pyridine rings is 1. The number of hydrogen-bond donors (Lipinski definition) is 2. The fraction of sp³-hybridized carbons (Fsp3) is 0.286. The van der Waals surface area contributed by atoms with Gasteiger partial charge in [0.25, 0.3) is 0 Å². The van der Waals surface area contributed by atoms with Crippen LogP contribution in [-0.4, -0.2) is 30.5 Å². The first-order valence-corrected chi connectivity index (χ1v) is 6.38. The van der Waals surface area contributed by atoms with E-state index >= 15 is 0 Å². The highest BCUT2D eigenvalue weighted by molar-refractivity contribution is 5.86. The molecule has 98 valence electrons. The molecule has 3 rings (SSSR count). The van der Waals surface area contributed by atoms with Gasteiger partial charge < -0.3 is 16.0 Å². The molecule has 0 atom stereocenters. The predicted molar refractivity (Wildman–Crippen MR) is 74.9 cm³/mol. The Bertz CT molecular complexity index is 626. The molecule has 5 nitrogen and oxygen atoms in total. The van der Waals surface area contributed by atoms with Crippen molar-refractivity contribution in [1.29, 1.82) is 0 Å². The lowest BCUT2D eigenvalue weighted by atomic mass is 10.1. The Hall–Kier alpha value is -2.14. The molecule has 1 aromatic heterocycles. The average molecular weight is 256 g/mol. The van der Waals surface area contributed by atoms with Crippen LogP contribution in [0.1, 0.15) is 5.56 Å². The second-order valence-corrected chi connectivity index (χ2v) is 4.63. The Morgan fingerprint density at radius 3 is 3.00 bits per heavy atom. The summed E-state index contributed by atoms with van der Waals surface area (Å²) in [6.45, 7) is 2.26. The fourth-order valence-corrected chi connectivity index (χ4v) is 2.40. The molecule has 19 heavy (non-hydrogen) atoms. The van der Waals surface area contributed by atoms with Crippen molar-refractivity contribution in [3.8, 4) is 0 Å². The molecule has 0 spiro atoms. The van der Waals surface area contributed by atoms with E-state index in [2.05, 4.69) is 10.3 Å². The van der Waals surface area contributed by atoms with E-state index in [1.54, 1.807) is 0 Å². The molecule has 1 aliphatic heterocycles. The Kier molecular flexibility index (Phi) is 3.05. The van der Waals surface area contributed by atoms with Crippen LogP contribution >= 0.6 is 0 Å². The Morgan fingerprint density at radius 1 is 1.37 bits per heavy atom. The minimum Gasteiger partial charge on any atom is -0.353 e. The van der Waals surface area contributed by atoms with Gasteiger partial charge in [0.1, 0.15) is 5.82 Å². The van der Waals surface area contributed by atoms with Crippen molar-refractivity contribution in [1.82, 2.24) is 10.3 Å². The number of aromatic nitrogens is 1.